The van der Waals surface area contributed by atoms with Crippen molar-refractivity contribution in [1.29, 1.82) is 0 Å². The molecule has 0 aliphatic heterocycles. The predicted octanol–water partition coefficient (Wildman–Crippen LogP) is 0.202. The van der Waals surface area contributed by atoms with Crippen molar-refractivity contribution in [2.45, 2.75) is 6.42 Å². The van der Waals surface area contributed by atoms with E-state index in [9.17, 15) is 0 Å². The quantitative estimate of drug-likeness (QED) is 0.522. The fourth-order valence-corrected chi connectivity index (χ4v) is 0.507. The van der Waals surface area contributed by atoms with Gasteiger partial charge < -0.3 is 15.2 Å². The van der Waals surface area contributed by atoms with Gasteiger partial charge >= 0.3 is 0 Å². The first-order valence-electron chi connectivity index (χ1n) is 3.56. The van der Waals surface area contributed by atoms with Gasteiger partial charge in [-0.05, 0) is 6.42 Å². The Morgan fingerprint density at radius 2 is 1.60 bits per heavy atom. The van der Waals surface area contributed by atoms with Crippen LogP contribution in [0.3, 0.4) is 0 Å². The molecule has 0 fully saturated rings. The van der Waals surface area contributed by atoms with E-state index in [0.717, 1.165) is 6.42 Å². The first-order valence-corrected chi connectivity index (χ1v) is 3.56. The van der Waals surface area contributed by atoms with Gasteiger partial charge in [-0.2, -0.15) is 0 Å². The maximum absolute atomic E-state index is 5.19. The molecule has 61 valence electrons. The molecule has 0 bridgehead atoms. The van der Waals surface area contributed by atoms with E-state index >= 15 is 0 Å². The Morgan fingerprint density at radius 3 is 2.10 bits per heavy atom. The molecule has 3 nitrogen and oxygen atoms in total. The molecular formula is C7H16NO2. The topological polar surface area (TPSA) is 44.5 Å². The van der Waals surface area contributed by atoms with Crippen molar-refractivity contribution in [2.75, 3.05) is 33.0 Å². The maximum atomic E-state index is 5.19. The first kappa shape index (κ1) is 9.88. The van der Waals surface area contributed by atoms with Crippen LogP contribution in [0, 0.1) is 6.92 Å². The predicted molar refractivity (Wildman–Crippen MR) is 40.7 cm³/mol. The average molecular weight is 146 g/mol. The third kappa shape index (κ3) is 7.88. The van der Waals surface area contributed by atoms with Crippen molar-refractivity contribution in [3.8, 4) is 0 Å². The molecule has 0 saturated heterocycles. The van der Waals surface area contributed by atoms with Crippen LogP contribution in [-0.4, -0.2) is 33.0 Å². The molecular weight excluding hydrogens is 130 g/mol. The molecule has 0 atom stereocenters. The molecule has 0 aromatic carbocycles. The number of ether oxygens (including phenoxy) is 2. The summed E-state index contributed by atoms with van der Waals surface area (Å²) in [5, 5.41) is 0. The lowest BCUT2D eigenvalue weighted by molar-refractivity contribution is 0.0524. The van der Waals surface area contributed by atoms with Crippen LogP contribution in [0.25, 0.3) is 0 Å². The van der Waals surface area contributed by atoms with Crippen molar-refractivity contribution < 1.29 is 9.47 Å². The third-order valence-corrected chi connectivity index (χ3v) is 0.923. The molecule has 0 aromatic rings. The van der Waals surface area contributed by atoms with Crippen LogP contribution in [0.5, 0.6) is 0 Å². The summed E-state index contributed by atoms with van der Waals surface area (Å²) in [5.41, 5.74) is 5.19. The molecule has 1 radical (unpaired) electrons. The highest BCUT2D eigenvalue weighted by Crippen LogP contribution is 1.80. The largest absolute Gasteiger partial charge is 0.379 e. The molecule has 0 spiro atoms. The minimum atomic E-state index is 0.579. The second-order valence-electron chi connectivity index (χ2n) is 1.87. The molecule has 0 rings (SSSR count). The summed E-state index contributed by atoms with van der Waals surface area (Å²) in [6, 6.07) is 0. The molecule has 0 heterocycles. The van der Waals surface area contributed by atoms with Crippen LogP contribution in [0.15, 0.2) is 0 Å². The normalized spacial score (nSPS) is 10.2. The van der Waals surface area contributed by atoms with E-state index in [4.69, 9.17) is 15.2 Å². The summed E-state index contributed by atoms with van der Waals surface area (Å²) in [7, 11) is 0. The van der Waals surface area contributed by atoms with Crippen LogP contribution >= 0.6 is 0 Å². The highest BCUT2D eigenvalue weighted by Gasteiger charge is 1.85. The zero-order valence-electron chi connectivity index (χ0n) is 6.34. The molecule has 0 unspecified atom stereocenters. The molecule has 10 heavy (non-hydrogen) atoms. The fourth-order valence-electron chi connectivity index (χ4n) is 0.507. The lowest BCUT2D eigenvalue weighted by Crippen LogP contribution is -2.12. The molecule has 2 N–H and O–H groups in total. The van der Waals surface area contributed by atoms with E-state index in [1.807, 2.05) is 0 Å². The lowest BCUT2D eigenvalue weighted by atomic mass is 10.5. The SMILES string of the molecule is [CH2]CCOCCOCCN. The monoisotopic (exact) mass is 146 g/mol. The highest BCUT2D eigenvalue weighted by atomic mass is 16.5. The van der Waals surface area contributed by atoms with Gasteiger partial charge in [0.15, 0.2) is 0 Å². The standard InChI is InChI=1S/C7H16NO2/c1-2-4-9-6-7-10-5-3-8/h1-8H2. The summed E-state index contributed by atoms with van der Waals surface area (Å²) in [4.78, 5) is 0. The molecule has 3 heteroatoms. The van der Waals surface area contributed by atoms with E-state index in [0.29, 0.717) is 33.0 Å². The summed E-state index contributed by atoms with van der Waals surface area (Å²) in [6.45, 7) is 6.83. The summed E-state index contributed by atoms with van der Waals surface area (Å²) in [5.74, 6) is 0. The Morgan fingerprint density at radius 1 is 1.00 bits per heavy atom. The minimum Gasteiger partial charge on any atom is -0.379 e. The van der Waals surface area contributed by atoms with Crippen LogP contribution in [0.2, 0.25) is 0 Å². The van der Waals surface area contributed by atoms with E-state index in [1.54, 1.807) is 0 Å². The van der Waals surface area contributed by atoms with Crippen molar-refractivity contribution in [2.24, 2.45) is 5.73 Å². The van der Waals surface area contributed by atoms with E-state index in [-0.39, 0.29) is 0 Å². The number of hydrogen-bond acceptors (Lipinski definition) is 3. The van der Waals surface area contributed by atoms with Gasteiger partial charge in [-0.25, -0.2) is 0 Å². The molecule has 0 aliphatic rings. The fraction of sp³-hybridized carbons (Fsp3) is 0.857. The number of nitrogens with two attached hydrogens (primary N) is 1. The smallest absolute Gasteiger partial charge is 0.0701 e. The molecule has 0 aliphatic carbocycles. The Bertz CT molecular complexity index is 51.6. The van der Waals surface area contributed by atoms with Gasteiger partial charge in [0.25, 0.3) is 0 Å². The molecule has 0 saturated carbocycles. The van der Waals surface area contributed by atoms with E-state index in [1.165, 1.54) is 0 Å². The van der Waals surface area contributed by atoms with Crippen molar-refractivity contribution in [1.82, 2.24) is 0 Å². The van der Waals surface area contributed by atoms with Crippen LogP contribution < -0.4 is 5.73 Å². The minimum absolute atomic E-state index is 0.579. The Kier molecular flexibility index (Phi) is 8.77. The van der Waals surface area contributed by atoms with Crippen molar-refractivity contribution in [3.05, 3.63) is 6.92 Å². The second-order valence-corrected chi connectivity index (χ2v) is 1.87. The van der Waals surface area contributed by atoms with Crippen LogP contribution in [0.4, 0.5) is 0 Å². The average Bonchev–Trinajstić information content (AvgIpc) is 1.97. The Balaban J connectivity index is 2.65. The number of rotatable bonds is 7. The third-order valence-electron chi connectivity index (χ3n) is 0.923. The molecule has 0 amide bonds. The zero-order valence-corrected chi connectivity index (χ0v) is 6.34. The zero-order chi connectivity index (χ0) is 7.66. The second kappa shape index (κ2) is 8.88. The molecule has 0 aromatic heterocycles. The van der Waals surface area contributed by atoms with E-state index in [2.05, 4.69) is 6.92 Å². The summed E-state index contributed by atoms with van der Waals surface area (Å²) in [6.07, 6.45) is 0.816. The van der Waals surface area contributed by atoms with E-state index < -0.39 is 0 Å². The summed E-state index contributed by atoms with van der Waals surface area (Å²) < 4.78 is 10.2. The van der Waals surface area contributed by atoms with Gasteiger partial charge in [-0.1, -0.05) is 6.92 Å². The van der Waals surface area contributed by atoms with Crippen LogP contribution in [-0.2, 0) is 9.47 Å². The van der Waals surface area contributed by atoms with Gasteiger partial charge in [0, 0.05) is 13.2 Å². The van der Waals surface area contributed by atoms with Crippen molar-refractivity contribution >= 4 is 0 Å². The Labute approximate surface area is 62.5 Å². The van der Waals surface area contributed by atoms with Crippen molar-refractivity contribution in [3.63, 3.8) is 0 Å². The maximum Gasteiger partial charge on any atom is 0.0701 e. The van der Waals surface area contributed by atoms with Gasteiger partial charge in [-0.3, -0.25) is 0 Å². The van der Waals surface area contributed by atoms with Gasteiger partial charge in [-0.15, -0.1) is 0 Å². The first-order chi connectivity index (χ1) is 4.91. The summed E-state index contributed by atoms with van der Waals surface area (Å²) >= 11 is 0. The van der Waals surface area contributed by atoms with Gasteiger partial charge in [0.05, 0.1) is 19.8 Å². The lowest BCUT2D eigenvalue weighted by Gasteiger charge is -2.02. The van der Waals surface area contributed by atoms with Crippen LogP contribution in [0.1, 0.15) is 6.42 Å². The number of hydrogen-bond donors (Lipinski definition) is 1. The highest BCUT2D eigenvalue weighted by molar-refractivity contribution is 4.36. The van der Waals surface area contributed by atoms with Gasteiger partial charge in [0.1, 0.15) is 0 Å². The Hall–Kier alpha value is -0.120. The van der Waals surface area contributed by atoms with Gasteiger partial charge in [0.2, 0.25) is 0 Å².